The molecule has 0 unspecified atom stereocenters. The van der Waals surface area contributed by atoms with E-state index in [1.165, 1.54) is 12.1 Å². The lowest BCUT2D eigenvalue weighted by molar-refractivity contribution is 0.102. The zero-order valence-electron chi connectivity index (χ0n) is 9.75. The fraction of sp³-hybridized carbons (Fsp3) is 0. The van der Waals surface area contributed by atoms with Gasteiger partial charge in [-0.1, -0.05) is 11.6 Å². The van der Waals surface area contributed by atoms with Crippen LogP contribution in [-0.2, 0) is 0 Å². The minimum atomic E-state index is -1.05. The third-order valence-corrected chi connectivity index (χ3v) is 3.02. The molecule has 0 heterocycles. The molecular formula is C13H7ClF3NOS. The van der Waals surface area contributed by atoms with Gasteiger partial charge >= 0.3 is 0 Å². The second-order valence-corrected chi connectivity index (χ2v) is 4.79. The normalized spacial score (nSPS) is 10.4. The Kier molecular flexibility index (Phi) is 4.25. The number of nitrogens with one attached hydrogen (secondary N) is 1. The van der Waals surface area contributed by atoms with E-state index in [4.69, 9.17) is 11.6 Å². The number of carbonyl (C=O) groups excluding carboxylic acids is 1. The summed E-state index contributed by atoms with van der Waals surface area (Å²) in [7, 11) is 0. The van der Waals surface area contributed by atoms with Gasteiger partial charge in [-0.05, 0) is 24.3 Å². The Labute approximate surface area is 123 Å². The van der Waals surface area contributed by atoms with E-state index in [0.29, 0.717) is 11.0 Å². The lowest BCUT2D eigenvalue weighted by Gasteiger charge is -2.09. The van der Waals surface area contributed by atoms with E-state index in [2.05, 4.69) is 17.9 Å². The maximum absolute atomic E-state index is 13.5. The van der Waals surface area contributed by atoms with Gasteiger partial charge in [-0.2, -0.15) is 0 Å². The molecule has 2 aromatic carbocycles. The summed E-state index contributed by atoms with van der Waals surface area (Å²) >= 11 is 9.61. The van der Waals surface area contributed by atoms with Crippen LogP contribution >= 0.6 is 24.2 Å². The van der Waals surface area contributed by atoms with Crippen molar-refractivity contribution in [3.05, 3.63) is 58.4 Å². The lowest BCUT2D eigenvalue weighted by Crippen LogP contribution is -2.15. The molecule has 0 aliphatic carbocycles. The van der Waals surface area contributed by atoms with Gasteiger partial charge in [0.2, 0.25) is 0 Å². The average Bonchev–Trinajstić information content (AvgIpc) is 2.36. The minimum absolute atomic E-state index is 0.321. The first-order chi connectivity index (χ1) is 9.38. The number of hydrogen-bond donors (Lipinski definition) is 2. The third-order valence-electron chi connectivity index (χ3n) is 2.44. The van der Waals surface area contributed by atoms with Crippen LogP contribution < -0.4 is 5.32 Å². The van der Waals surface area contributed by atoms with Gasteiger partial charge in [-0.3, -0.25) is 4.79 Å². The molecule has 0 saturated heterocycles. The molecule has 0 aromatic heterocycles. The molecule has 0 aliphatic heterocycles. The molecule has 0 radical (unpaired) electrons. The Morgan fingerprint density at radius 2 is 1.80 bits per heavy atom. The zero-order valence-corrected chi connectivity index (χ0v) is 11.4. The summed E-state index contributed by atoms with van der Waals surface area (Å²) in [6.45, 7) is 0. The highest BCUT2D eigenvalue weighted by Gasteiger charge is 2.17. The number of carbonyl (C=O) groups is 1. The van der Waals surface area contributed by atoms with Crippen LogP contribution in [-0.4, -0.2) is 5.91 Å². The molecule has 0 atom stereocenters. The summed E-state index contributed by atoms with van der Waals surface area (Å²) in [5, 5.41) is 1.78. The zero-order chi connectivity index (χ0) is 14.9. The van der Waals surface area contributed by atoms with Crippen molar-refractivity contribution in [2.24, 2.45) is 0 Å². The number of amides is 1. The first-order valence-corrected chi connectivity index (χ1v) is 6.15. The molecule has 20 heavy (non-hydrogen) atoms. The van der Waals surface area contributed by atoms with Crippen molar-refractivity contribution in [1.82, 2.24) is 0 Å². The Morgan fingerprint density at radius 3 is 2.45 bits per heavy atom. The van der Waals surface area contributed by atoms with Crippen molar-refractivity contribution in [2.45, 2.75) is 4.90 Å². The lowest BCUT2D eigenvalue weighted by atomic mass is 10.2. The maximum Gasteiger partial charge on any atom is 0.258 e. The molecule has 104 valence electrons. The van der Waals surface area contributed by atoms with E-state index >= 15 is 0 Å². The van der Waals surface area contributed by atoms with Crippen LogP contribution in [0.3, 0.4) is 0 Å². The van der Waals surface area contributed by atoms with E-state index in [1.54, 1.807) is 0 Å². The van der Waals surface area contributed by atoms with Crippen molar-refractivity contribution in [1.29, 1.82) is 0 Å². The topological polar surface area (TPSA) is 29.1 Å². The molecule has 0 fully saturated rings. The summed E-state index contributed by atoms with van der Waals surface area (Å²) in [6, 6.07) is 5.00. The SMILES string of the molecule is O=C(Nc1c(F)cc(F)cc1Cl)c1cc(S)ccc1F. The van der Waals surface area contributed by atoms with E-state index in [1.807, 2.05) is 0 Å². The fourth-order valence-electron chi connectivity index (χ4n) is 1.53. The predicted octanol–water partition coefficient (Wildman–Crippen LogP) is 4.30. The minimum Gasteiger partial charge on any atom is -0.318 e. The smallest absolute Gasteiger partial charge is 0.258 e. The van der Waals surface area contributed by atoms with Crippen LogP contribution in [0.1, 0.15) is 10.4 Å². The average molecular weight is 318 g/mol. The highest BCUT2D eigenvalue weighted by Crippen LogP contribution is 2.27. The molecule has 7 heteroatoms. The number of benzene rings is 2. The molecule has 0 saturated carbocycles. The monoisotopic (exact) mass is 317 g/mol. The molecule has 0 bridgehead atoms. The molecule has 0 spiro atoms. The standard InChI is InChI=1S/C13H7ClF3NOS/c14-9-3-6(15)4-11(17)12(9)18-13(19)8-5-7(20)1-2-10(8)16/h1-5,20H,(H,18,19). The molecular weight excluding hydrogens is 311 g/mol. The van der Waals surface area contributed by atoms with Crippen molar-refractivity contribution < 1.29 is 18.0 Å². The van der Waals surface area contributed by atoms with Gasteiger partial charge < -0.3 is 5.32 Å². The van der Waals surface area contributed by atoms with Crippen molar-refractivity contribution >= 4 is 35.8 Å². The van der Waals surface area contributed by atoms with E-state index in [0.717, 1.165) is 12.1 Å². The van der Waals surface area contributed by atoms with E-state index < -0.39 is 29.0 Å². The Balaban J connectivity index is 2.35. The number of hydrogen-bond acceptors (Lipinski definition) is 2. The molecule has 2 rings (SSSR count). The van der Waals surface area contributed by atoms with E-state index in [-0.39, 0.29) is 10.6 Å². The van der Waals surface area contributed by atoms with Crippen LogP contribution in [0.15, 0.2) is 35.2 Å². The third kappa shape index (κ3) is 3.08. The summed E-state index contributed by atoms with van der Waals surface area (Å²) in [4.78, 5) is 12.2. The van der Waals surface area contributed by atoms with Crippen LogP contribution in [0.2, 0.25) is 5.02 Å². The van der Waals surface area contributed by atoms with Crippen LogP contribution in [0.25, 0.3) is 0 Å². The number of rotatable bonds is 2. The maximum atomic E-state index is 13.5. The highest BCUT2D eigenvalue weighted by atomic mass is 35.5. The Morgan fingerprint density at radius 1 is 1.10 bits per heavy atom. The van der Waals surface area contributed by atoms with Crippen molar-refractivity contribution in [3.63, 3.8) is 0 Å². The predicted molar refractivity (Wildman–Crippen MR) is 73.0 cm³/mol. The molecule has 1 amide bonds. The second kappa shape index (κ2) is 5.76. The highest BCUT2D eigenvalue weighted by molar-refractivity contribution is 7.80. The summed E-state index contributed by atoms with van der Waals surface area (Å²) in [5.74, 6) is -3.63. The summed E-state index contributed by atoms with van der Waals surface area (Å²) in [5.41, 5.74) is -0.737. The molecule has 2 nitrogen and oxygen atoms in total. The van der Waals surface area contributed by atoms with Crippen LogP contribution in [0.5, 0.6) is 0 Å². The first-order valence-electron chi connectivity index (χ1n) is 5.33. The Bertz CT molecular complexity index is 670. The molecule has 0 aliphatic rings. The molecule has 2 aromatic rings. The van der Waals surface area contributed by atoms with Gasteiger partial charge in [0.1, 0.15) is 11.6 Å². The Hall–Kier alpha value is -1.66. The van der Waals surface area contributed by atoms with E-state index in [9.17, 15) is 18.0 Å². The van der Waals surface area contributed by atoms with Gasteiger partial charge in [0.05, 0.1) is 16.3 Å². The summed E-state index contributed by atoms with van der Waals surface area (Å²) in [6.07, 6.45) is 0. The van der Waals surface area contributed by atoms with Crippen molar-refractivity contribution in [3.8, 4) is 0 Å². The molecule has 1 N–H and O–H groups in total. The number of anilines is 1. The van der Waals surface area contributed by atoms with Gasteiger partial charge in [0, 0.05) is 11.0 Å². The quantitative estimate of drug-likeness (QED) is 0.795. The largest absolute Gasteiger partial charge is 0.318 e. The first kappa shape index (κ1) is 14.7. The fourth-order valence-corrected chi connectivity index (χ4v) is 1.98. The van der Waals surface area contributed by atoms with Crippen LogP contribution in [0, 0.1) is 17.5 Å². The number of halogens is 4. The van der Waals surface area contributed by atoms with Crippen LogP contribution in [0.4, 0.5) is 18.9 Å². The number of thiol groups is 1. The van der Waals surface area contributed by atoms with Gasteiger partial charge in [0.15, 0.2) is 5.82 Å². The second-order valence-electron chi connectivity index (χ2n) is 3.86. The summed E-state index contributed by atoms with van der Waals surface area (Å²) < 4.78 is 39.9. The van der Waals surface area contributed by atoms with Gasteiger partial charge in [-0.15, -0.1) is 12.6 Å². The van der Waals surface area contributed by atoms with Gasteiger partial charge in [0.25, 0.3) is 5.91 Å². The van der Waals surface area contributed by atoms with Gasteiger partial charge in [-0.25, -0.2) is 13.2 Å². The van der Waals surface area contributed by atoms with Crippen molar-refractivity contribution in [2.75, 3.05) is 5.32 Å².